The van der Waals surface area contributed by atoms with E-state index in [1.54, 1.807) is 24.3 Å². The first-order valence-electron chi connectivity index (χ1n) is 9.04. The minimum atomic E-state index is -0.271. The molecule has 146 valence electrons. The molecular weight excluding hydrogens is 377 g/mol. The number of hydrogen-bond donors (Lipinski definition) is 1. The molecule has 0 aliphatic heterocycles. The molecule has 7 heteroatoms. The molecule has 0 radical (unpaired) electrons. The van der Waals surface area contributed by atoms with Crippen molar-refractivity contribution in [3.05, 3.63) is 70.8 Å². The number of carbonyl (C=O) groups excluding carboxylic acids is 1. The van der Waals surface area contributed by atoms with Gasteiger partial charge in [0.1, 0.15) is 11.6 Å². The van der Waals surface area contributed by atoms with Crippen LogP contribution < -0.4 is 10.1 Å². The number of carbonyl (C=O) groups is 1. The SMILES string of the molecule is Cc1ccc(C(=O)NCC(C)C)cc1Oc1nc(Cc2ccc(F)cc2)ns1. The number of nitrogens with zero attached hydrogens (tertiary/aromatic N) is 2. The Kier molecular flexibility index (Phi) is 6.36. The highest BCUT2D eigenvalue weighted by Crippen LogP contribution is 2.28. The number of benzene rings is 2. The van der Waals surface area contributed by atoms with Gasteiger partial charge in [-0.05, 0) is 48.2 Å². The minimum Gasteiger partial charge on any atom is -0.430 e. The second-order valence-electron chi connectivity index (χ2n) is 6.97. The van der Waals surface area contributed by atoms with E-state index in [1.165, 1.54) is 12.1 Å². The summed E-state index contributed by atoms with van der Waals surface area (Å²) in [7, 11) is 0. The van der Waals surface area contributed by atoms with Crippen LogP contribution in [0.2, 0.25) is 0 Å². The summed E-state index contributed by atoms with van der Waals surface area (Å²) >= 11 is 1.15. The monoisotopic (exact) mass is 399 g/mol. The summed E-state index contributed by atoms with van der Waals surface area (Å²) in [4.78, 5) is 16.7. The van der Waals surface area contributed by atoms with Gasteiger partial charge in [0, 0.05) is 30.1 Å². The molecule has 0 atom stereocenters. The summed E-state index contributed by atoms with van der Waals surface area (Å²) in [6.45, 7) is 6.61. The molecule has 0 aliphatic rings. The Morgan fingerprint density at radius 2 is 1.96 bits per heavy atom. The summed E-state index contributed by atoms with van der Waals surface area (Å²) < 4.78 is 23.2. The lowest BCUT2D eigenvalue weighted by Gasteiger charge is -2.10. The number of rotatable bonds is 7. The van der Waals surface area contributed by atoms with Gasteiger partial charge in [0.15, 0.2) is 5.82 Å². The lowest BCUT2D eigenvalue weighted by molar-refractivity contribution is 0.0948. The molecule has 0 saturated carbocycles. The van der Waals surface area contributed by atoms with E-state index in [9.17, 15) is 9.18 Å². The Morgan fingerprint density at radius 3 is 2.68 bits per heavy atom. The van der Waals surface area contributed by atoms with Crippen LogP contribution in [0.5, 0.6) is 10.9 Å². The van der Waals surface area contributed by atoms with Crippen molar-refractivity contribution in [2.75, 3.05) is 6.54 Å². The van der Waals surface area contributed by atoms with E-state index in [0.29, 0.717) is 41.2 Å². The Bertz CT molecular complexity index is 955. The molecule has 0 fully saturated rings. The lowest BCUT2D eigenvalue weighted by atomic mass is 10.1. The predicted molar refractivity (Wildman–Crippen MR) is 108 cm³/mol. The van der Waals surface area contributed by atoms with E-state index in [4.69, 9.17) is 4.74 Å². The van der Waals surface area contributed by atoms with Crippen molar-refractivity contribution in [3.8, 4) is 10.9 Å². The summed E-state index contributed by atoms with van der Waals surface area (Å²) in [5.74, 6) is 1.16. The second-order valence-corrected chi connectivity index (χ2v) is 7.68. The van der Waals surface area contributed by atoms with Crippen molar-refractivity contribution >= 4 is 17.4 Å². The van der Waals surface area contributed by atoms with Crippen LogP contribution >= 0.6 is 11.5 Å². The molecule has 0 bridgehead atoms. The third-order valence-electron chi connectivity index (χ3n) is 4.04. The first-order chi connectivity index (χ1) is 13.4. The Labute approximate surface area is 167 Å². The summed E-state index contributed by atoms with van der Waals surface area (Å²) in [6, 6.07) is 11.6. The molecule has 1 heterocycles. The molecule has 0 aliphatic carbocycles. The predicted octanol–water partition coefficient (Wildman–Crippen LogP) is 4.75. The molecule has 0 saturated heterocycles. The topological polar surface area (TPSA) is 64.1 Å². The van der Waals surface area contributed by atoms with Gasteiger partial charge < -0.3 is 10.1 Å². The maximum atomic E-state index is 13.0. The van der Waals surface area contributed by atoms with Gasteiger partial charge >= 0.3 is 0 Å². The molecule has 3 rings (SSSR count). The molecule has 28 heavy (non-hydrogen) atoms. The number of amides is 1. The first kappa shape index (κ1) is 19.9. The highest BCUT2D eigenvalue weighted by Gasteiger charge is 2.12. The van der Waals surface area contributed by atoms with Gasteiger partial charge in [-0.3, -0.25) is 4.79 Å². The fraction of sp³-hybridized carbons (Fsp3) is 0.286. The number of hydrogen-bond acceptors (Lipinski definition) is 5. The highest BCUT2D eigenvalue weighted by atomic mass is 32.1. The van der Waals surface area contributed by atoms with Crippen molar-refractivity contribution in [1.82, 2.24) is 14.7 Å². The van der Waals surface area contributed by atoms with Crippen molar-refractivity contribution in [1.29, 1.82) is 0 Å². The zero-order valence-corrected chi connectivity index (χ0v) is 16.8. The second kappa shape index (κ2) is 8.93. The molecule has 1 amide bonds. The zero-order valence-electron chi connectivity index (χ0n) is 16.0. The summed E-state index contributed by atoms with van der Waals surface area (Å²) in [5, 5.41) is 3.30. The van der Waals surface area contributed by atoms with Crippen LogP contribution in [0, 0.1) is 18.7 Å². The molecule has 1 N–H and O–H groups in total. The number of nitrogens with one attached hydrogen (secondary N) is 1. The van der Waals surface area contributed by atoms with Crippen molar-refractivity contribution in [3.63, 3.8) is 0 Å². The molecule has 0 spiro atoms. The Hall–Kier alpha value is -2.80. The van der Waals surface area contributed by atoms with Crippen molar-refractivity contribution < 1.29 is 13.9 Å². The normalized spacial score (nSPS) is 10.9. The largest absolute Gasteiger partial charge is 0.430 e. The summed E-state index contributed by atoms with van der Waals surface area (Å²) in [5.41, 5.74) is 2.36. The Balaban J connectivity index is 1.69. The van der Waals surface area contributed by atoms with Crippen LogP contribution in [0.15, 0.2) is 42.5 Å². The van der Waals surface area contributed by atoms with Crippen LogP contribution in [0.25, 0.3) is 0 Å². The molecule has 2 aromatic carbocycles. The van der Waals surface area contributed by atoms with Gasteiger partial charge in [-0.25, -0.2) is 4.39 Å². The fourth-order valence-corrected chi connectivity index (χ4v) is 3.04. The molecule has 0 unspecified atom stereocenters. The van der Waals surface area contributed by atoms with Gasteiger partial charge in [0.25, 0.3) is 11.1 Å². The minimum absolute atomic E-state index is 0.132. The van der Waals surface area contributed by atoms with Gasteiger partial charge in [-0.2, -0.15) is 9.36 Å². The lowest BCUT2D eigenvalue weighted by Crippen LogP contribution is -2.27. The molecule has 5 nitrogen and oxygen atoms in total. The third kappa shape index (κ3) is 5.36. The zero-order chi connectivity index (χ0) is 20.1. The van der Waals surface area contributed by atoms with Crippen molar-refractivity contribution in [2.45, 2.75) is 27.2 Å². The van der Waals surface area contributed by atoms with E-state index in [1.807, 2.05) is 26.8 Å². The van der Waals surface area contributed by atoms with Gasteiger partial charge in [-0.15, -0.1) is 0 Å². The van der Waals surface area contributed by atoms with Crippen LogP contribution in [-0.2, 0) is 6.42 Å². The van der Waals surface area contributed by atoms with Gasteiger partial charge in [-0.1, -0.05) is 32.0 Å². The maximum absolute atomic E-state index is 13.0. The highest BCUT2D eigenvalue weighted by molar-refractivity contribution is 7.07. The maximum Gasteiger partial charge on any atom is 0.298 e. The van der Waals surface area contributed by atoms with Crippen LogP contribution in [0.4, 0.5) is 4.39 Å². The van der Waals surface area contributed by atoms with E-state index in [0.717, 1.165) is 22.7 Å². The van der Waals surface area contributed by atoms with Crippen LogP contribution in [0.3, 0.4) is 0 Å². The number of halogens is 1. The Morgan fingerprint density at radius 1 is 1.21 bits per heavy atom. The van der Waals surface area contributed by atoms with Crippen LogP contribution in [0.1, 0.15) is 41.2 Å². The van der Waals surface area contributed by atoms with Gasteiger partial charge in [0.2, 0.25) is 0 Å². The average Bonchev–Trinajstić information content (AvgIpc) is 3.10. The number of aromatic nitrogens is 2. The molecular formula is C21H22FN3O2S. The smallest absolute Gasteiger partial charge is 0.298 e. The van der Waals surface area contributed by atoms with E-state index in [2.05, 4.69) is 14.7 Å². The third-order valence-corrected chi connectivity index (χ3v) is 4.68. The first-order valence-corrected chi connectivity index (χ1v) is 9.82. The summed E-state index contributed by atoms with van der Waals surface area (Å²) in [6.07, 6.45) is 0.497. The average molecular weight is 399 g/mol. The quantitative estimate of drug-likeness (QED) is 0.622. The van der Waals surface area contributed by atoms with E-state index < -0.39 is 0 Å². The van der Waals surface area contributed by atoms with Gasteiger partial charge in [0.05, 0.1) is 0 Å². The van der Waals surface area contributed by atoms with E-state index >= 15 is 0 Å². The fourth-order valence-electron chi connectivity index (χ4n) is 2.48. The number of ether oxygens (including phenoxy) is 1. The molecule has 3 aromatic rings. The van der Waals surface area contributed by atoms with E-state index in [-0.39, 0.29) is 11.7 Å². The number of aryl methyl sites for hydroxylation is 1. The molecule has 1 aromatic heterocycles. The standard InChI is InChI=1S/C21H22FN3O2S/c1-13(2)12-23-20(26)16-7-4-14(3)18(11-16)27-21-24-19(25-28-21)10-15-5-8-17(22)9-6-15/h4-9,11,13H,10,12H2,1-3H3,(H,23,26). The van der Waals surface area contributed by atoms with Crippen LogP contribution in [-0.4, -0.2) is 21.8 Å². The van der Waals surface area contributed by atoms with Crippen molar-refractivity contribution in [2.24, 2.45) is 5.92 Å².